The molecule has 102 valence electrons. The average Bonchev–Trinajstić information content (AvgIpc) is 2.94. The van der Waals surface area contributed by atoms with Crippen LogP contribution in [0.25, 0.3) is 22.4 Å². The van der Waals surface area contributed by atoms with Gasteiger partial charge in [0.25, 0.3) is 5.89 Å². The zero-order chi connectivity index (χ0) is 13.9. The van der Waals surface area contributed by atoms with Crippen molar-refractivity contribution in [1.82, 2.24) is 15.1 Å². The van der Waals surface area contributed by atoms with Gasteiger partial charge in [0.1, 0.15) is 5.69 Å². The van der Waals surface area contributed by atoms with Crippen LogP contribution in [0.15, 0.2) is 41.1 Å². The molecule has 2 heterocycles. The largest absolute Gasteiger partial charge is 0.332 e. The number of benzene rings is 1. The van der Waals surface area contributed by atoms with Gasteiger partial charge in [-0.2, -0.15) is 4.98 Å². The van der Waals surface area contributed by atoms with Gasteiger partial charge in [-0.05, 0) is 17.9 Å². The Bertz CT molecular complexity index is 717. The summed E-state index contributed by atoms with van der Waals surface area (Å²) < 4.78 is 5.33. The topological polar surface area (TPSA) is 77.8 Å². The molecule has 2 aromatic heterocycles. The highest BCUT2D eigenvalue weighted by molar-refractivity contribution is 5.92. The molecule has 5 heteroatoms. The van der Waals surface area contributed by atoms with Crippen LogP contribution in [0.2, 0.25) is 0 Å². The first-order chi connectivity index (χ1) is 9.78. The summed E-state index contributed by atoms with van der Waals surface area (Å²) in [6, 6.07) is 10.0. The molecule has 0 saturated carbocycles. The number of pyridine rings is 1. The van der Waals surface area contributed by atoms with E-state index in [1.54, 1.807) is 6.20 Å². The Morgan fingerprint density at radius 2 is 2.10 bits per heavy atom. The van der Waals surface area contributed by atoms with E-state index in [0.29, 0.717) is 23.8 Å². The number of aromatic nitrogens is 3. The first-order valence-corrected chi connectivity index (χ1v) is 6.70. The first-order valence-electron chi connectivity index (χ1n) is 6.70. The van der Waals surface area contributed by atoms with Crippen molar-refractivity contribution in [2.24, 2.45) is 5.73 Å². The van der Waals surface area contributed by atoms with Gasteiger partial charge in [-0.1, -0.05) is 36.3 Å². The van der Waals surface area contributed by atoms with Crippen LogP contribution in [0.3, 0.4) is 0 Å². The van der Waals surface area contributed by atoms with Crippen LogP contribution in [0.4, 0.5) is 0 Å². The summed E-state index contributed by atoms with van der Waals surface area (Å²) in [5.41, 5.74) is 6.62. The van der Waals surface area contributed by atoms with Gasteiger partial charge in [0.05, 0.1) is 0 Å². The molecule has 0 saturated heterocycles. The maximum Gasteiger partial charge on any atom is 0.277 e. The predicted molar refractivity (Wildman–Crippen MR) is 77.0 cm³/mol. The van der Waals surface area contributed by atoms with E-state index in [1.165, 1.54) is 0 Å². The van der Waals surface area contributed by atoms with Crippen molar-refractivity contribution in [3.8, 4) is 11.6 Å². The second kappa shape index (κ2) is 5.38. The standard InChI is InChI=1S/C15H16N4O/c1-2-11(16)9-13-18-15(20-19-13)14-12-6-4-3-5-10(12)7-8-17-14/h3-8,11H,2,9,16H2,1H3. The predicted octanol–water partition coefficient (Wildman–Crippen LogP) is 2.56. The number of hydrogen-bond acceptors (Lipinski definition) is 5. The highest BCUT2D eigenvalue weighted by Crippen LogP contribution is 2.24. The lowest BCUT2D eigenvalue weighted by Crippen LogP contribution is -2.21. The summed E-state index contributed by atoms with van der Waals surface area (Å²) in [5.74, 6) is 1.07. The summed E-state index contributed by atoms with van der Waals surface area (Å²) in [6.45, 7) is 2.04. The summed E-state index contributed by atoms with van der Waals surface area (Å²) in [6.07, 6.45) is 3.25. The van der Waals surface area contributed by atoms with Crippen molar-refractivity contribution in [3.63, 3.8) is 0 Å². The molecule has 5 nitrogen and oxygen atoms in total. The summed E-state index contributed by atoms with van der Waals surface area (Å²) in [4.78, 5) is 8.76. The molecule has 1 aromatic carbocycles. The van der Waals surface area contributed by atoms with Crippen LogP contribution in [-0.4, -0.2) is 21.2 Å². The van der Waals surface area contributed by atoms with Gasteiger partial charge in [0, 0.05) is 24.0 Å². The monoisotopic (exact) mass is 268 g/mol. The summed E-state index contributed by atoms with van der Waals surface area (Å²) in [5, 5.41) is 6.09. The average molecular weight is 268 g/mol. The molecule has 0 fully saturated rings. The van der Waals surface area contributed by atoms with Crippen molar-refractivity contribution in [1.29, 1.82) is 0 Å². The molecule has 3 aromatic rings. The molecule has 1 atom stereocenters. The van der Waals surface area contributed by atoms with Crippen LogP contribution in [0.5, 0.6) is 0 Å². The van der Waals surface area contributed by atoms with E-state index in [4.69, 9.17) is 10.3 Å². The van der Waals surface area contributed by atoms with E-state index in [0.717, 1.165) is 17.2 Å². The minimum atomic E-state index is 0.0564. The summed E-state index contributed by atoms with van der Waals surface area (Å²) >= 11 is 0. The minimum Gasteiger partial charge on any atom is -0.332 e. The molecule has 0 amide bonds. The second-order valence-electron chi connectivity index (χ2n) is 4.77. The van der Waals surface area contributed by atoms with Crippen LogP contribution in [0.1, 0.15) is 19.2 Å². The Morgan fingerprint density at radius 3 is 2.95 bits per heavy atom. The molecule has 3 rings (SSSR count). The van der Waals surface area contributed by atoms with Crippen molar-refractivity contribution < 1.29 is 4.52 Å². The maximum absolute atomic E-state index is 5.91. The fourth-order valence-electron chi connectivity index (χ4n) is 2.10. The van der Waals surface area contributed by atoms with Crippen molar-refractivity contribution in [2.45, 2.75) is 25.8 Å². The molecule has 0 aliphatic heterocycles. The third-order valence-corrected chi connectivity index (χ3v) is 3.31. The van der Waals surface area contributed by atoms with Gasteiger partial charge in [0.2, 0.25) is 0 Å². The third kappa shape index (κ3) is 2.40. The lowest BCUT2D eigenvalue weighted by Gasteiger charge is -2.02. The molecule has 20 heavy (non-hydrogen) atoms. The van der Waals surface area contributed by atoms with Gasteiger partial charge < -0.3 is 10.3 Å². The fourth-order valence-corrected chi connectivity index (χ4v) is 2.10. The van der Waals surface area contributed by atoms with E-state index in [-0.39, 0.29) is 6.04 Å². The normalized spacial score (nSPS) is 12.7. The van der Waals surface area contributed by atoms with Crippen LogP contribution < -0.4 is 5.73 Å². The second-order valence-corrected chi connectivity index (χ2v) is 4.77. The van der Waals surface area contributed by atoms with E-state index in [9.17, 15) is 0 Å². The van der Waals surface area contributed by atoms with E-state index in [1.807, 2.05) is 37.3 Å². The molecule has 1 unspecified atom stereocenters. The lowest BCUT2D eigenvalue weighted by molar-refractivity contribution is 0.418. The molecular formula is C15H16N4O. The van der Waals surface area contributed by atoms with E-state index in [2.05, 4.69) is 15.1 Å². The maximum atomic E-state index is 5.91. The van der Waals surface area contributed by atoms with Crippen LogP contribution in [0, 0.1) is 0 Å². The van der Waals surface area contributed by atoms with Crippen LogP contribution >= 0.6 is 0 Å². The number of nitrogens with two attached hydrogens (primary N) is 1. The Balaban J connectivity index is 1.99. The number of nitrogens with zero attached hydrogens (tertiary/aromatic N) is 3. The zero-order valence-corrected chi connectivity index (χ0v) is 11.3. The van der Waals surface area contributed by atoms with Crippen molar-refractivity contribution in [3.05, 3.63) is 42.4 Å². The Morgan fingerprint density at radius 1 is 1.25 bits per heavy atom. The van der Waals surface area contributed by atoms with Gasteiger partial charge in [0.15, 0.2) is 5.82 Å². The van der Waals surface area contributed by atoms with Gasteiger partial charge in [-0.3, -0.25) is 4.98 Å². The molecule has 0 radical (unpaired) electrons. The molecular weight excluding hydrogens is 252 g/mol. The van der Waals surface area contributed by atoms with Gasteiger partial charge in [-0.25, -0.2) is 0 Å². The van der Waals surface area contributed by atoms with Gasteiger partial charge >= 0.3 is 0 Å². The Kier molecular flexibility index (Phi) is 3.43. The quantitative estimate of drug-likeness (QED) is 0.786. The van der Waals surface area contributed by atoms with E-state index >= 15 is 0 Å². The lowest BCUT2D eigenvalue weighted by atomic mass is 10.1. The fraction of sp³-hybridized carbons (Fsp3) is 0.267. The van der Waals surface area contributed by atoms with Crippen molar-refractivity contribution >= 4 is 10.8 Å². The SMILES string of the molecule is CCC(N)Cc1noc(-c2nccc3ccccc23)n1. The number of fused-ring (bicyclic) bond motifs is 1. The Labute approximate surface area is 116 Å². The minimum absolute atomic E-state index is 0.0564. The van der Waals surface area contributed by atoms with Gasteiger partial charge in [-0.15, -0.1) is 0 Å². The van der Waals surface area contributed by atoms with E-state index < -0.39 is 0 Å². The zero-order valence-electron chi connectivity index (χ0n) is 11.3. The number of hydrogen-bond donors (Lipinski definition) is 1. The molecule has 0 spiro atoms. The highest BCUT2D eigenvalue weighted by Gasteiger charge is 2.14. The molecule has 0 aliphatic rings. The smallest absolute Gasteiger partial charge is 0.277 e. The summed E-state index contributed by atoms with van der Waals surface area (Å²) in [7, 11) is 0. The first kappa shape index (κ1) is 12.7. The van der Waals surface area contributed by atoms with Crippen LogP contribution in [-0.2, 0) is 6.42 Å². The third-order valence-electron chi connectivity index (χ3n) is 3.31. The van der Waals surface area contributed by atoms with Crippen molar-refractivity contribution in [2.75, 3.05) is 0 Å². The molecule has 0 aliphatic carbocycles. The highest BCUT2D eigenvalue weighted by atomic mass is 16.5. The number of rotatable bonds is 4. The molecule has 0 bridgehead atoms. The Hall–Kier alpha value is -2.27. The molecule has 2 N–H and O–H groups in total.